The van der Waals surface area contributed by atoms with Crippen LogP contribution in [0.3, 0.4) is 0 Å². The van der Waals surface area contributed by atoms with Crippen molar-refractivity contribution in [2.24, 2.45) is 0 Å². The lowest BCUT2D eigenvalue weighted by atomic mass is 11.1. The number of aromatic nitrogens is 4. The summed E-state index contributed by atoms with van der Waals surface area (Å²) in [6, 6.07) is 0. The van der Waals surface area contributed by atoms with Crippen LogP contribution in [0.5, 0.6) is 0 Å². The van der Waals surface area contributed by atoms with Crippen molar-refractivity contribution in [3.63, 3.8) is 0 Å². The molecule has 9 heavy (non-hydrogen) atoms. The maximum atomic E-state index is 9.90. The molecule has 0 radical (unpaired) electrons. The first kappa shape index (κ1) is 6.08. The molecule has 0 fully saturated rings. The Labute approximate surface area is 57.1 Å². The highest BCUT2D eigenvalue weighted by molar-refractivity contribution is 9.08. The van der Waals surface area contributed by atoms with E-state index in [1.165, 1.54) is 0 Å². The summed E-state index contributed by atoms with van der Waals surface area (Å²) in [4.78, 5) is 9.20. The van der Waals surface area contributed by atoms with Gasteiger partial charge in [0.15, 0.2) is 16.1 Å². The third-order valence-electron chi connectivity index (χ3n) is 0.581. The smallest absolute Gasteiger partial charge is 0.390 e. The minimum atomic E-state index is -0.700. The van der Waals surface area contributed by atoms with Gasteiger partial charge in [-0.1, -0.05) is 0 Å². The van der Waals surface area contributed by atoms with E-state index in [1.54, 1.807) is 0 Å². The first-order chi connectivity index (χ1) is 4.22. The highest BCUT2D eigenvalue weighted by atomic mass is 79.9. The molecule has 7 nitrogen and oxygen atoms in total. The molecule has 1 heterocycles. The number of tetrazole rings is 1. The second kappa shape index (κ2) is 2.05. The van der Waals surface area contributed by atoms with E-state index in [9.17, 15) is 10.1 Å². The quantitative estimate of drug-likeness (QED) is 0.453. The number of hydrogen-bond acceptors (Lipinski definition) is 5. The SMILES string of the molecule is O=[N+]([O-])c1nnnn1Br. The molecule has 1 aromatic heterocycles. The van der Waals surface area contributed by atoms with Crippen molar-refractivity contribution in [2.45, 2.75) is 0 Å². The number of halogens is 1. The van der Waals surface area contributed by atoms with Gasteiger partial charge in [-0.25, -0.2) is 0 Å². The van der Waals surface area contributed by atoms with E-state index in [0.717, 1.165) is 3.71 Å². The normalized spacial score (nSPS) is 9.44. The van der Waals surface area contributed by atoms with E-state index in [0.29, 0.717) is 0 Å². The highest BCUT2D eigenvalue weighted by Gasteiger charge is 2.14. The van der Waals surface area contributed by atoms with Gasteiger partial charge in [-0.05, 0) is 8.63 Å². The summed E-state index contributed by atoms with van der Waals surface area (Å²) in [7, 11) is 0. The van der Waals surface area contributed by atoms with Crippen LogP contribution < -0.4 is 0 Å². The summed E-state index contributed by atoms with van der Waals surface area (Å²) in [6.07, 6.45) is 0. The van der Waals surface area contributed by atoms with Crippen LogP contribution in [0, 0.1) is 10.1 Å². The third kappa shape index (κ3) is 1.02. The minimum absolute atomic E-state index is 0.435. The Balaban J connectivity index is 3.08. The number of nitrogens with zero attached hydrogens (tertiary/aromatic N) is 5. The molecule has 0 saturated carbocycles. The summed E-state index contributed by atoms with van der Waals surface area (Å²) in [5.74, 6) is -0.435. The van der Waals surface area contributed by atoms with Gasteiger partial charge in [0.25, 0.3) is 0 Å². The molecule has 0 unspecified atom stereocenters. The number of nitro groups is 1. The second-order valence-electron chi connectivity index (χ2n) is 1.10. The molecule has 0 aromatic carbocycles. The zero-order valence-corrected chi connectivity index (χ0v) is 5.52. The van der Waals surface area contributed by atoms with Crippen LogP contribution in [0.15, 0.2) is 0 Å². The zero-order valence-electron chi connectivity index (χ0n) is 3.93. The van der Waals surface area contributed by atoms with E-state index < -0.39 is 10.9 Å². The van der Waals surface area contributed by atoms with E-state index in [-0.39, 0.29) is 0 Å². The number of rotatable bonds is 1. The Morgan fingerprint density at radius 3 is 2.67 bits per heavy atom. The van der Waals surface area contributed by atoms with Crippen molar-refractivity contribution in [1.29, 1.82) is 0 Å². The van der Waals surface area contributed by atoms with Gasteiger partial charge in [-0.15, -0.1) is 0 Å². The van der Waals surface area contributed by atoms with Crippen molar-refractivity contribution in [3.05, 3.63) is 10.1 Å². The lowest BCUT2D eigenvalue weighted by Gasteiger charge is -1.85. The Hall–Kier alpha value is -1.05. The molecular formula is CBrN5O2. The lowest BCUT2D eigenvalue weighted by Crippen LogP contribution is -1.94. The molecule has 0 aliphatic rings. The summed E-state index contributed by atoms with van der Waals surface area (Å²) >= 11 is 2.71. The molecule has 0 amide bonds. The molecule has 8 heteroatoms. The molecule has 0 spiro atoms. The largest absolute Gasteiger partial charge is 0.490 e. The Bertz CT molecular complexity index is 231. The molecule has 0 aliphatic carbocycles. The standard InChI is InChI=1S/CBrN5O2/c2-6-1(7(8)9)3-4-5-6. The molecule has 1 rings (SSSR count). The lowest BCUT2D eigenvalue weighted by molar-refractivity contribution is -0.395. The van der Waals surface area contributed by atoms with Gasteiger partial charge in [0.05, 0.1) is 10.3 Å². The van der Waals surface area contributed by atoms with Gasteiger partial charge < -0.3 is 10.1 Å². The molecule has 0 bridgehead atoms. The molecule has 0 aliphatic heterocycles. The predicted molar refractivity (Wildman–Crippen MR) is 28.8 cm³/mol. The number of hydrogen-bond donors (Lipinski definition) is 0. The maximum absolute atomic E-state index is 9.90. The Kier molecular flexibility index (Phi) is 1.39. The van der Waals surface area contributed by atoms with Crippen LogP contribution in [0.4, 0.5) is 5.95 Å². The molecule has 0 saturated heterocycles. The average Bonchev–Trinajstić information content (AvgIpc) is 2.13. The Morgan fingerprint density at radius 1 is 1.78 bits per heavy atom. The second-order valence-corrected chi connectivity index (χ2v) is 1.77. The maximum Gasteiger partial charge on any atom is 0.490 e. The molecule has 1 aromatic rings. The van der Waals surface area contributed by atoms with Gasteiger partial charge in [0.2, 0.25) is 0 Å². The molecule has 48 valence electrons. The summed E-state index contributed by atoms with van der Waals surface area (Å²) in [5, 5.41) is 19.2. The fraction of sp³-hybridized carbons (Fsp3) is 0. The minimum Gasteiger partial charge on any atom is -0.390 e. The van der Waals surface area contributed by atoms with Gasteiger partial charge >= 0.3 is 5.95 Å². The van der Waals surface area contributed by atoms with E-state index >= 15 is 0 Å². The van der Waals surface area contributed by atoms with Crippen LogP contribution >= 0.6 is 16.1 Å². The predicted octanol–water partition coefficient (Wildman–Crippen LogP) is -0.261. The summed E-state index contributed by atoms with van der Waals surface area (Å²) in [6.45, 7) is 0. The van der Waals surface area contributed by atoms with E-state index in [1.807, 2.05) is 0 Å². The molecule has 0 N–H and O–H groups in total. The molecular weight excluding hydrogens is 194 g/mol. The van der Waals surface area contributed by atoms with Crippen LogP contribution in [0.2, 0.25) is 0 Å². The van der Waals surface area contributed by atoms with Gasteiger partial charge in [-0.2, -0.15) is 0 Å². The summed E-state index contributed by atoms with van der Waals surface area (Å²) in [5.41, 5.74) is 0. The fourth-order valence-corrected chi connectivity index (χ4v) is 0.540. The average molecular weight is 194 g/mol. The van der Waals surface area contributed by atoms with Crippen molar-refractivity contribution in [1.82, 2.24) is 19.2 Å². The van der Waals surface area contributed by atoms with Crippen molar-refractivity contribution in [2.75, 3.05) is 0 Å². The van der Waals surface area contributed by atoms with E-state index in [4.69, 9.17) is 0 Å². The monoisotopic (exact) mass is 193 g/mol. The van der Waals surface area contributed by atoms with Crippen molar-refractivity contribution < 1.29 is 4.92 Å². The van der Waals surface area contributed by atoms with Gasteiger partial charge in [-0.3, -0.25) is 0 Å². The van der Waals surface area contributed by atoms with Crippen LogP contribution in [0.25, 0.3) is 0 Å². The first-order valence-corrected chi connectivity index (χ1v) is 2.51. The Morgan fingerprint density at radius 2 is 2.44 bits per heavy atom. The topological polar surface area (TPSA) is 86.7 Å². The van der Waals surface area contributed by atoms with Crippen LogP contribution in [-0.4, -0.2) is 24.2 Å². The van der Waals surface area contributed by atoms with Crippen LogP contribution in [0.1, 0.15) is 0 Å². The molecule has 0 atom stereocenters. The zero-order chi connectivity index (χ0) is 6.85. The van der Waals surface area contributed by atoms with Crippen molar-refractivity contribution in [3.8, 4) is 0 Å². The third-order valence-corrected chi connectivity index (χ3v) is 1.04. The van der Waals surface area contributed by atoms with Crippen LogP contribution in [-0.2, 0) is 0 Å². The van der Waals surface area contributed by atoms with Crippen molar-refractivity contribution >= 4 is 22.1 Å². The first-order valence-electron chi connectivity index (χ1n) is 1.80. The van der Waals surface area contributed by atoms with Gasteiger partial charge in [0.1, 0.15) is 0 Å². The summed E-state index contributed by atoms with van der Waals surface area (Å²) < 4.78 is 0.799. The van der Waals surface area contributed by atoms with Gasteiger partial charge in [0, 0.05) is 5.21 Å². The van der Waals surface area contributed by atoms with E-state index in [2.05, 4.69) is 31.7 Å². The highest BCUT2D eigenvalue weighted by Crippen LogP contribution is 2.04. The fourth-order valence-electron chi connectivity index (χ4n) is 0.276.